The summed E-state index contributed by atoms with van der Waals surface area (Å²) >= 11 is 0. The maximum atomic E-state index is 5.75. The topological polar surface area (TPSA) is 72.7 Å². The van der Waals surface area contributed by atoms with Crippen LogP contribution in [0.25, 0.3) is 11.0 Å². The van der Waals surface area contributed by atoms with Gasteiger partial charge < -0.3 is 24.7 Å². The molecule has 29 heavy (non-hydrogen) atoms. The van der Waals surface area contributed by atoms with E-state index >= 15 is 0 Å². The smallest absolute Gasteiger partial charge is 0.195 e. The number of aryl methyl sites for hydroxylation is 1. The van der Waals surface area contributed by atoms with Crippen LogP contribution < -0.4 is 20.1 Å². The lowest BCUT2D eigenvalue weighted by Crippen LogP contribution is -2.31. The summed E-state index contributed by atoms with van der Waals surface area (Å²) < 4.78 is 13.6. The first-order valence-electron chi connectivity index (χ1n) is 9.61. The average Bonchev–Trinajstić information content (AvgIpc) is 2.99. The van der Waals surface area contributed by atoms with Crippen LogP contribution in [0.5, 0.6) is 11.5 Å². The highest BCUT2D eigenvalue weighted by atomic mass is 127. The van der Waals surface area contributed by atoms with Gasteiger partial charge in [-0.15, -0.1) is 24.0 Å². The molecule has 1 aliphatic heterocycles. The zero-order valence-corrected chi connectivity index (χ0v) is 18.8. The molecule has 2 N–H and O–H groups in total. The Hall–Kier alpha value is -2.49. The molecule has 1 aliphatic rings. The fourth-order valence-electron chi connectivity index (χ4n) is 3.20. The lowest BCUT2D eigenvalue weighted by atomic mass is 10.2. The Labute approximate surface area is 187 Å². The van der Waals surface area contributed by atoms with E-state index in [4.69, 9.17) is 9.47 Å². The molecule has 2 heterocycles. The van der Waals surface area contributed by atoms with Crippen molar-refractivity contribution in [3.63, 3.8) is 0 Å². The highest BCUT2D eigenvalue weighted by Gasteiger charge is 2.11. The fraction of sp³-hybridized carbons (Fsp3) is 0.333. The summed E-state index contributed by atoms with van der Waals surface area (Å²) in [7, 11) is 1.77. The van der Waals surface area contributed by atoms with Crippen LogP contribution in [-0.4, -0.2) is 42.3 Å². The molecule has 0 atom stereocenters. The molecule has 8 heteroatoms. The van der Waals surface area contributed by atoms with Gasteiger partial charge in [-0.05, 0) is 30.7 Å². The Morgan fingerprint density at radius 1 is 1.14 bits per heavy atom. The maximum absolute atomic E-state index is 5.75. The van der Waals surface area contributed by atoms with Crippen molar-refractivity contribution in [1.82, 2.24) is 14.9 Å². The monoisotopic (exact) mass is 507 g/mol. The number of rotatable bonds is 5. The van der Waals surface area contributed by atoms with Crippen LogP contribution >= 0.6 is 24.0 Å². The van der Waals surface area contributed by atoms with Crippen LogP contribution in [0.4, 0.5) is 5.69 Å². The molecular weight excluding hydrogens is 481 g/mol. The Kier molecular flexibility index (Phi) is 7.56. The summed E-state index contributed by atoms with van der Waals surface area (Å²) in [5.74, 6) is 2.29. The van der Waals surface area contributed by atoms with E-state index < -0.39 is 0 Å². The number of imidazole rings is 1. The standard InChI is InChI=1S/C21H25N5O2.HI/c1-22-21(25-16-8-9-19-20(14-16)28-13-5-12-27-19)23-10-4-11-26-15-24-17-6-2-3-7-18(17)26;/h2-3,6-9,14-15H,4-5,10-13H2,1H3,(H2,22,23,25);1H. The van der Waals surface area contributed by atoms with Gasteiger partial charge in [0.25, 0.3) is 0 Å². The predicted molar refractivity (Wildman–Crippen MR) is 127 cm³/mol. The number of fused-ring (bicyclic) bond motifs is 2. The molecular formula is C21H26IN5O2. The van der Waals surface area contributed by atoms with Crippen molar-refractivity contribution in [2.75, 3.05) is 32.1 Å². The second kappa shape index (κ2) is 10.3. The number of benzene rings is 2. The lowest BCUT2D eigenvalue weighted by molar-refractivity contribution is 0.297. The minimum absolute atomic E-state index is 0. The lowest BCUT2D eigenvalue weighted by Gasteiger charge is -2.14. The van der Waals surface area contributed by atoms with Gasteiger partial charge in [-0.2, -0.15) is 0 Å². The van der Waals surface area contributed by atoms with Gasteiger partial charge in [0.15, 0.2) is 17.5 Å². The molecule has 0 radical (unpaired) electrons. The quantitative estimate of drug-likeness (QED) is 0.237. The van der Waals surface area contributed by atoms with Gasteiger partial charge in [0.1, 0.15) is 0 Å². The van der Waals surface area contributed by atoms with Crippen LogP contribution in [0.15, 0.2) is 53.8 Å². The normalized spacial score (nSPS) is 13.5. The van der Waals surface area contributed by atoms with E-state index in [1.807, 2.05) is 42.7 Å². The Morgan fingerprint density at radius 2 is 1.97 bits per heavy atom. The number of hydrogen-bond donors (Lipinski definition) is 2. The number of guanidine groups is 1. The van der Waals surface area contributed by atoms with Gasteiger partial charge in [-0.3, -0.25) is 4.99 Å². The van der Waals surface area contributed by atoms with Crippen molar-refractivity contribution < 1.29 is 9.47 Å². The van der Waals surface area contributed by atoms with Gasteiger partial charge in [0.2, 0.25) is 0 Å². The van der Waals surface area contributed by atoms with Crippen molar-refractivity contribution in [1.29, 1.82) is 0 Å². The first-order chi connectivity index (χ1) is 13.8. The third-order valence-electron chi connectivity index (χ3n) is 4.63. The molecule has 0 unspecified atom stereocenters. The Balaban J connectivity index is 0.00000240. The van der Waals surface area contributed by atoms with Crippen LogP contribution in [0.3, 0.4) is 0 Å². The van der Waals surface area contributed by atoms with E-state index in [2.05, 4.69) is 31.2 Å². The van der Waals surface area contributed by atoms with E-state index in [0.717, 1.165) is 60.1 Å². The molecule has 0 amide bonds. The number of para-hydroxylation sites is 2. The third-order valence-corrected chi connectivity index (χ3v) is 4.63. The molecule has 0 fully saturated rings. The van der Waals surface area contributed by atoms with E-state index in [0.29, 0.717) is 13.2 Å². The molecule has 3 aromatic rings. The maximum Gasteiger partial charge on any atom is 0.195 e. The Bertz CT molecular complexity index is 973. The van der Waals surface area contributed by atoms with Crippen LogP contribution in [0, 0.1) is 0 Å². The van der Waals surface area contributed by atoms with Crippen molar-refractivity contribution >= 4 is 46.7 Å². The summed E-state index contributed by atoms with van der Waals surface area (Å²) in [6.07, 6.45) is 3.75. The second-order valence-corrected chi connectivity index (χ2v) is 6.62. The number of nitrogens with one attached hydrogen (secondary N) is 2. The molecule has 0 saturated carbocycles. The summed E-state index contributed by atoms with van der Waals surface area (Å²) in [6, 6.07) is 14.0. The van der Waals surface area contributed by atoms with Gasteiger partial charge in [-0.25, -0.2) is 4.98 Å². The highest BCUT2D eigenvalue weighted by Crippen LogP contribution is 2.32. The van der Waals surface area contributed by atoms with Crippen LogP contribution in [0.2, 0.25) is 0 Å². The molecule has 0 bridgehead atoms. The second-order valence-electron chi connectivity index (χ2n) is 6.62. The minimum Gasteiger partial charge on any atom is -0.490 e. The number of aromatic nitrogens is 2. The number of nitrogens with zero attached hydrogens (tertiary/aromatic N) is 3. The number of aliphatic imine (C=N–C) groups is 1. The minimum atomic E-state index is 0. The Morgan fingerprint density at radius 3 is 2.83 bits per heavy atom. The van der Waals surface area contributed by atoms with Gasteiger partial charge in [0, 0.05) is 38.3 Å². The number of ether oxygens (including phenoxy) is 2. The molecule has 1 aromatic heterocycles. The largest absolute Gasteiger partial charge is 0.490 e. The average molecular weight is 507 g/mol. The highest BCUT2D eigenvalue weighted by molar-refractivity contribution is 14.0. The summed E-state index contributed by atoms with van der Waals surface area (Å²) in [5.41, 5.74) is 3.11. The SMILES string of the molecule is CN=C(NCCCn1cnc2ccccc21)Nc1ccc2c(c1)OCCCO2.I. The van der Waals surface area contributed by atoms with Gasteiger partial charge in [0.05, 0.1) is 30.6 Å². The van der Waals surface area contributed by atoms with Gasteiger partial charge >= 0.3 is 0 Å². The predicted octanol–water partition coefficient (Wildman–Crippen LogP) is 3.89. The van der Waals surface area contributed by atoms with E-state index in [1.54, 1.807) is 7.05 Å². The zero-order chi connectivity index (χ0) is 19.2. The summed E-state index contributed by atoms with van der Waals surface area (Å²) in [4.78, 5) is 8.73. The molecule has 0 saturated heterocycles. The zero-order valence-electron chi connectivity index (χ0n) is 16.4. The first kappa shape index (κ1) is 21.2. The van der Waals surface area contributed by atoms with Crippen molar-refractivity contribution in [3.8, 4) is 11.5 Å². The van der Waals surface area contributed by atoms with Crippen LogP contribution in [0.1, 0.15) is 12.8 Å². The van der Waals surface area contributed by atoms with Crippen molar-refractivity contribution in [3.05, 3.63) is 48.8 Å². The van der Waals surface area contributed by atoms with E-state index in [-0.39, 0.29) is 24.0 Å². The number of anilines is 1. The van der Waals surface area contributed by atoms with E-state index in [9.17, 15) is 0 Å². The van der Waals surface area contributed by atoms with Crippen molar-refractivity contribution in [2.45, 2.75) is 19.4 Å². The van der Waals surface area contributed by atoms with Crippen LogP contribution in [-0.2, 0) is 6.54 Å². The molecule has 4 rings (SSSR count). The first-order valence-corrected chi connectivity index (χ1v) is 9.61. The molecule has 7 nitrogen and oxygen atoms in total. The molecule has 0 aliphatic carbocycles. The number of hydrogen-bond acceptors (Lipinski definition) is 4. The van der Waals surface area contributed by atoms with Gasteiger partial charge in [-0.1, -0.05) is 12.1 Å². The third kappa shape index (κ3) is 5.31. The molecule has 0 spiro atoms. The fourth-order valence-corrected chi connectivity index (χ4v) is 3.20. The molecule has 2 aromatic carbocycles. The van der Waals surface area contributed by atoms with Crippen molar-refractivity contribution in [2.24, 2.45) is 4.99 Å². The molecule has 154 valence electrons. The number of halogens is 1. The summed E-state index contributed by atoms with van der Waals surface area (Å²) in [5, 5.41) is 6.66. The summed E-state index contributed by atoms with van der Waals surface area (Å²) in [6.45, 7) is 3.06. The van der Waals surface area contributed by atoms with E-state index in [1.165, 1.54) is 0 Å².